The van der Waals surface area contributed by atoms with E-state index in [0.29, 0.717) is 11.4 Å². The highest BCUT2D eigenvalue weighted by Crippen LogP contribution is 2.19. The monoisotopic (exact) mass is 337 g/mol. The summed E-state index contributed by atoms with van der Waals surface area (Å²) in [5.74, 6) is -0.0473. The number of hydrogen-bond acceptors (Lipinski definition) is 4. The van der Waals surface area contributed by atoms with Crippen molar-refractivity contribution in [1.29, 1.82) is 0 Å². The van der Waals surface area contributed by atoms with Crippen LogP contribution in [0.3, 0.4) is 0 Å². The van der Waals surface area contributed by atoms with Crippen LogP contribution in [0.5, 0.6) is 0 Å². The fraction of sp³-hybridized carbons (Fsp3) is 0.375. The molecular formula is C16H20ClN3OS. The number of carbonyl (C=O) groups excluding carboxylic acids is 1. The third-order valence-corrected chi connectivity index (χ3v) is 4.50. The number of rotatable bonds is 6. The predicted octanol–water partition coefficient (Wildman–Crippen LogP) is 3.14. The Morgan fingerprint density at radius 3 is 2.64 bits per heavy atom. The zero-order chi connectivity index (χ0) is 16.1. The van der Waals surface area contributed by atoms with E-state index < -0.39 is 0 Å². The maximum Gasteiger partial charge on any atom is 0.263 e. The molecule has 4 nitrogen and oxygen atoms in total. The minimum atomic E-state index is -0.0473. The number of aryl methyl sites for hydroxylation is 1. The Kier molecular flexibility index (Phi) is 5.94. The van der Waals surface area contributed by atoms with Gasteiger partial charge in [0, 0.05) is 18.1 Å². The lowest BCUT2D eigenvalue weighted by Gasteiger charge is -2.05. The van der Waals surface area contributed by atoms with Gasteiger partial charge in [0.15, 0.2) is 0 Å². The second kappa shape index (κ2) is 7.72. The largest absolute Gasteiger partial charge is 0.351 e. The molecule has 0 bridgehead atoms. The van der Waals surface area contributed by atoms with Gasteiger partial charge in [-0.25, -0.2) is 4.98 Å². The summed E-state index contributed by atoms with van der Waals surface area (Å²) >= 11 is 7.31. The van der Waals surface area contributed by atoms with Crippen LogP contribution in [0.2, 0.25) is 5.02 Å². The molecule has 0 aliphatic rings. The summed E-state index contributed by atoms with van der Waals surface area (Å²) < 4.78 is 0. The van der Waals surface area contributed by atoms with Gasteiger partial charge in [-0.05, 0) is 45.1 Å². The lowest BCUT2D eigenvalue weighted by atomic mass is 10.1. The zero-order valence-corrected chi connectivity index (χ0v) is 14.6. The second-order valence-electron chi connectivity index (χ2n) is 5.39. The highest BCUT2D eigenvalue weighted by Gasteiger charge is 2.15. The Hall–Kier alpha value is -1.43. The minimum Gasteiger partial charge on any atom is -0.351 e. The van der Waals surface area contributed by atoms with E-state index in [1.165, 1.54) is 11.3 Å². The van der Waals surface area contributed by atoms with Gasteiger partial charge >= 0.3 is 0 Å². The second-order valence-corrected chi connectivity index (χ2v) is 6.91. The van der Waals surface area contributed by atoms with Crippen LogP contribution in [0.1, 0.15) is 25.9 Å². The molecule has 1 N–H and O–H groups in total. The van der Waals surface area contributed by atoms with E-state index in [4.69, 9.17) is 11.6 Å². The number of thiazole rings is 1. The van der Waals surface area contributed by atoms with Crippen molar-refractivity contribution in [2.24, 2.45) is 0 Å². The summed E-state index contributed by atoms with van der Waals surface area (Å²) in [6.45, 7) is 3.23. The van der Waals surface area contributed by atoms with E-state index >= 15 is 0 Å². The number of aromatic nitrogens is 1. The van der Waals surface area contributed by atoms with Crippen LogP contribution in [0.15, 0.2) is 24.3 Å². The van der Waals surface area contributed by atoms with Gasteiger partial charge in [0.2, 0.25) is 0 Å². The van der Waals surface area contributed by atoms with Gasteiger partial charge in [0.05, 0.1) is 5.69 Å². The number of nitrogens with zero attached hydrogens (tertiary/aromatic N) is 2. The molecule has 0 saturated carbocycles. The summed E-state index contributed by atoms with van der Waals surface area (Å²) in [7, 11) is 3.98. The molecule has 2 rings (SSSR count). The summed E-state index contributed by atoms with van der Waals surface area (Å²) in [6.07, 6.45) is 0.783. The van der Waals surface area contributed by atoms with Crippen LogP contribution < -0.4 is 5.32 Å². The standard InChI is InChI=1S/C16H20ClN3OS/c1-11-15(22-14(19-11)10-20(2)3)16(21)18-9-8-12-4-6-13(17)7-5-12/h4-7H,8-10H2,1-3H3,(H,18,21). The molecule has 6 heteroatoms. The molecule has 0 aliphatic heterocycles. The summed E-state index contributed by atoms with van der Waals surface area (Å²) in [5.41, 5.74) is 1.95. The third kappa shape index (κ3) is 4.80. The van der Waals surface area contributed by atoms with Crippen molar-refractivity contribution in [2.45, 2.75) is 19.9 Å². The maximum absolute atomic E-state index is 12.2. The lowest BCUT2D eigenvalue weighted by molar-refractivity contribution is 0.0957. The Morgan fingerprint density at radius 1 is 1.32 bits per heavy atom. The van der Waals surface area contributed by atoms with Gasteiger partial charge in [-0.15, -0.1) is 11.3 Å². The van der Waals surface area contributed by atoms with Gasteiger partial charge in [-0.1, -0.05) is 23.7 Å². The Balaban J connectivity index is 1.89. The van der Waals surface area contributed by atoms with Crippen LogP contribution in [0, 0.1) is 6.92 Å². The first kappa shape index (κ1) is 16.9. The molecule has 0 saturated heterocycles. The number of amides is 1. The Bertz CT molecular complexity index is 637. The molecule has 0 spiro atoms. The van der Waals surface area contributed by atoms with E-state index in [9.17, 15) is 4.79 Å². The molecule has 0 fully saturated rings. The van der Waals surface area contributed by atoms with Gasteiger partial charge in [-0.2, -0.15) is 0 Å². The average molecular weight is 338 g/mol. The van der Waals surface area contributed by atoms with Crippen molar-refractivity contribution >= 4 is 28.8 Å². The molecule has 118 valence electrons. The van der Waals surface area contributed by atoms with Crippen LogP contribution in [0.4, 0.5) is 0 Å². The minimum absolute atomic E-state index is 0.0473. The SMILES string of the molecule is Cc1nc(CN(C)C)sc1C(=O)NCCc1ccc(Cl)cc1. The first-order chi connectivity index (χ1) is 10.5. The number of nitrogens with one attached hydrogen (secondary N) is 1. The number of halogens is 1. The van der Waals surface area contributed by atoms with Crippen molar-refractivity contribution in [3.63, 3.8) is 0 Å². The molecule has 1 heterocycles. The zero-order valence-electron chi connectivity index (χ0n) is 13.0. The molecule has 1 aromatic carbocycles. The molecule has 2 aromatic rings. The van der Waals surface area contributed by atoms with Crippen LogP contribution in [-0.4, -0.2) is 36.4 Å². The van der Waals surface area contributed by atoms with E-state index in [1.54, 1.807) is 0 Å². The summed E-state index contributed by atoms with van der Waals surface area (Å²) in [4.78, 5) is 19.4. The highest BCUT2D eigenvalue weighted by molar-refractivity contribution is 7.13. The van der Waals surface area contributed by atoms with Crippen molar-refractivity contribution in [2.75, 3.05) is 20.6 Å². The number of carbonyl (C=O) groups is 1. The summed E-state index contributed by atoms with van der Waals surface area (Å²) in [6, 6.07) is 7.67. The molecule has 0 unspecified atom stereocenters. The highest BCUT2D eigenvalue weighted by atomic mass is 35.5. The van der Waals surface area contributed by atoms with Crippen molar-refractivity contribution in [3.05, 3.63) is 50.4 Å². The van der Waals surface area contributed by atoms with Gasteiger partial charge < -0.3 is 10.2 Å². The van der Waals surface area contributed by atoms with E-state index in [0.717, 1.165) is 34.3 Å². The smallest absolute Gasteiger partial charge is 0.263 e. The van der Waals surface area contributed by atoms with Gasteiger partial charge in [0.1, 0.15) is 9.88 Å². The van der Waals surface area contributed by atoms with E-state index in [2.05, 4.69) is 10.3 Å². The van der Waals surface area contributed by atoms with Gasteiger partial charge in [-0.3, -0.25) is 4.79 Å². The Labute approximate surface area is 140 Å². The molecule has 0 aliphatic carbocycles. The first-order valence-electron chi connectivity index (χ1n) is 7.09. The quantitative estimate of drug-likeness (QED) is 0.880. The lowest BCUT2D eigenvalue weighted by Crippen LogP contribution is -2.25. The van der Waals surface area contributed by atoms with E-state index in [-0.39, 0.29) is 5.91 Å². The van der Waals surface area contributed by atoms with Crippen molar-refractivity contribution < 1.29 is 4.79 Å². The maximum atomic E-state index is 12.2. The summed E-state index contributed by atoms with van der Waals surface area (Å²) in [5, 5.41) is 4.64. The van der Waals surface area contributed by atoms with Crippen molar-refractivity contribution in [3.8, 4) is 0 Å². The molecule has 0 radical (unpaired) electrons. The normalized spacial score (nSPS) is 11.0. The number of benzene rings is 1. The average Bonchev–Trinajstić information content (AvgIpc) is 2.81. The fourth-order valence-electron chi connectivity index (χ4n) is 2.05. The van der Waals surface area contributed by atoms with Crippen LogP contribution in [-0.2, 0) is 13.0 Å². The predicted molar refractivity (Wildman–Crippen MR) is 91.7 cm³/mol. The van der Waals surface area contributed by atoms with Crippen LogP contribution >= 0.6 is 22.9 Å². The van der Waals surface area contributed by atoms with Gasteiger partial charge in [0.25, 0.3) is 5.91 Å². The first-order valence-corrected chi connectivity index (χ1v) is 8.29. The van der Waals surface area contributed by atoms with E-state index in [1.807, 2.05) is 50.2 Å². The molecule has 1 aromatic heterocycles. The molecule has 22 heavy (non-hydrogen) atoms. The Morgan fingerprint density at radius 2 is 2.00 bits per heavy atom. The molecule has 1 amide bonds. The topological polar surface area (TPSA) is 45.2 Å². The van der Waals surface area contributed by atoms with Crippen LogP contribution in [0.25, 0.3) is 0 Å². The van der Waals surface area contributed by atoms with Crippen molar-refractivity contribution in [1.82, 2.24) is 15.2 Å². The number of hydrogen-bond donors (Lipinski definition) is 1. The third-order valence-electron chi connectivity index (χ3n) is 3.11. The molecular weight excluding hydrogens is 318 g/mol. The fourth-order valence-corrected chi connectivity index (χ4v) is 3.28. The molecule has 0 atom stereocenters.